The molecule has 1 aromatic carbocycles. The molecule has 0 saturated carbocycles. The largest absolute Gasteiger partial charge is 0.348 e. The van der Waals surface area contributed by atoms with Gasteiger partial charge in [-0.3, -0.25) is 0 Å². The first-order chi connectivity index (χ1) is 11.6. The molecule has 0 N–H and O–H groups in total. The molecule has 24 heavy (non-hydrogen) atoms. The van der Waals surface area contributed by atoms with Crippen molar-refractivity contribution in [2.45, 2.75) is 31.7 Å². The summed E-state index contributed by atoms with van der Waals surface area (Å²) in [6, 6.07) is 9.74. The molecule has 2 heterocycles. The highest BCUT2D eigenvalue weighted by molar-refractivity contribution is 7.91. The Morgan fingerprint density at radius 2 is 1.88 bits per heavy atom. The van der Waals surface area contributed by atoms with Gasteiger partial charge in [0.2, 0.25) is 0 Å². The van der Waals surface area contributed by atoms with Crippen molar-refractivity contribution in [1.29, 1.82) is 0 Å². The zero-order chi connectivity index (χ0) is 16.6. The van der Waals surface area contributed by atoms with Gasteiger partial charge in [-0.25, -0.2) is 18.4 Å². The minimum absolute atomic E-state index is 0.149. The van der Waals surface area contributed by atoms with Crippen LogP contribution in [0.25, 0.3) is 0 Å². The van der Waals surface area contributed by atoms with Gasteiger partial charge in [0, 0.05) is 17.8 Å². The summed E-state index contributed by atoms with van der Waals surface area (Å²) >= 11 is 0. The van der Waals surface area contributed by atoms with Crippen molar-refractivity contribution in [3.05, 3.63) is 53.5 Å². The number of fused-ring (bicyclic) bond motifs is 1. The number of hydrogen-bond donors (Lipinski definition) is 0. The number of sulfone groups is 1. The number of rotatable bonds is 2. The van der Waals surface area contributed by atoms with Gasteiger partial charge in [-0.2, -0.15) is 0 Å². The highest BCUT2D eigenvalue weighted by Crippen LogP contribution is 2.35. The highest BCUT2D eigenvalue weighted by atomic mass is 32.2. The second-order valence-electron chi connectivity index (χ2n) is 6.56. The van der Waals surface area contributed by atoms with E-state index < -0.39 is 9.84 Å². The fourth-order valence-corrected chi connectivity index (χ4v) is 5.41. The van der Waals surface area contributed by atoms with Crippen molar-refractivity contribution >= 4 is 15.7 Å². The molecule has 1 aromatic heterocycles. The molecule has 1 aliphatic heterocycles. The van der Waals surface area contributed by atoms with E-state index in [2.05, 4.69) is 14.9 Å². The monoisotopic (exact) mass is 343 g/mol. The Labute approximate surface area is 142 Å². The van der Waals surface area contributed by atoms with Gasteiger partial charge in [0.1, 0.15) is 12.1 Å². The van der Waals surface area contributed by atoms with Gasteiger partial charge in [0.15, 0.2) is 9.84 Å². The lowest BCUT2D eigenvalue weighted by Crippen LogP contribution is -2.33. The minimum Gasteiger partial charge on any atom is -0.348 e. The Hall–Kier alpha value is -1.95. The number of hydrogen-bond acceptors (Lipinski definition) is 5. The van der Waals surface area contributed by atoms with Crippen LogP contribution in [0.1, 0.15) is 35.7 Å². The first kappa shape index (κ1) is 15.6. The van der Waals surface area contributed by atoms with Gasteiger partial charge in [-0.1, -0.05) is 30.3 Å². The fraction of sp³-hybridized carbons (Fsp3) is 0.444. The van der Waals surface area contributed by atoms with E-state index in [0.717, 1.165) is 36.3 Å². The smallest absolute Gasteiger partial charge is 0.152 e. The molecular weight excluding hydrogens is 322 g/mol. The number of anilines is 1. The maximum atomic E-state index is 12.4. The summed E-state index contributed by atoms with van der Waals surface area (Å²) in [5.74, 6) is 1.33. The Kier molecular flexibility index (Phi) is 4.00. The lowest BCUT2D eigenvalue weighted by Gasteiger charge is -2.32. The fourth-order valence-electron chi connectivity index (χ4n) is 3.82. The molecule has 0 radical (unpaired) electrons. The van der Waals surface area contributed by atoms with Crippen LogP contribution >= 0.6 is 0 Å². The number of benzene rings is 1. The number of nitrogens with zero attached hydrogens (tertiary/aromatic N) is 3. The van der Waals surface area contributed by atoms with Crippen molar-refractivity contribution in [3.8, 4) is 0 Å². The van der Waals surface area contributed by atoms with Gasteiger partial charge in [0.05, 0.1) is 17.5 Å². The summed E-state index contributed by atoms with van der Waals surface area (Å²) < 4.78 is 24.8. The summed E-state index contributed by atoms with van der Waals surface area (Å²) in [6.45, 7) is 0.711. The summed E-state index contributed by atoms with van der Waals surface area (Å²) in [6.07, 6.45) is 5.35. The van der Waals surface area contributed by atoms with E-state index in [4.69, 9.17) is 0 Å². The van der Waals surface area contributed by atoms with Gasteiger partial charge < -0.3 is 4.90 Å². The van der Waals surface area contributed by atoms with E-state index >= 15 is 0 Å². The van der Waals surface area contributed by atoms with E-state index in [1.165, 1.54) is 5.56 Å². The topological polar surface area (TPSA) is 63.2 Å². The standard InChI is InChI=1S/C18H21N3O2S/c22-24(23)11-5-10-21(17(12-24)14-6-2-1-3-7-14)18-15-8-4-9-16(15)19-13-20-18/h1-3,6-7,13,17H,4-5,8-12H2. The predicted molar refractivity (Wildman–Crippen MR) is 93.9 cm³/mol. The SMILES string of the molecule is O=S1(=O)CCCN(c2ncnc3c2CCC3)C(c2ccccc2)C1. The summed E-state index contributed by atoms with van der Waals surface area (Å²) in [5.41, 5.74) is 3.37. The van der Waals surface area contributed by atoms with E-state index in [-0.39, 0.29) is 17.5 Å². The van der Waals surface area contributed by atoms with E-state index in [1.807, 2.05) is 30.3 Å². The zero-order valence-corrected chi connectivity index (χ0v) is 14.4. The quantitative estimate of drug-likeness (QED) is 0.837. The Morgan fingerprint density at radius 1 is 1.04 bits per heavy atom. The normalized spacial score (nSPS) is 22.8. The molecule has 6 heteroatoms. The van der Waals surface area contributed by atoms with Crippen molar-refractivity contribution in [3.63, 3.8) is 0 Å². The lowest BCUT2D eigenvalue weighted by atomic mass is 10.1. The predicted octanol–water partition coefficient (Wildman–Crippen LogP) is 2.33. The van der Waals surface area contributed by atoms with Crippen LogP contribution in [0.15, 0.2) is 36.7 Å². The van der Waals surface area contributed by atoms with Gasteiger partial charge in [-0.15, -0.1) is 0 Å². The molecule has 1 saturated heterocycles. The second kappa shape index (κ2) is 6.16. The minimum atomic E-state index is -3.06. The molecule has 1 fully saturated rings. The third-order valence-corrected chi connectivity index (χ3v) is 6.69. The molecule has 2 aliphatic rings. The van der Waals surface area contributed by atoms with Crippen LogP contribution in [0.4, 0.5) is 5.82 Å². The van der Waals surface area contributed by atoms with Crippen LogP contribution in [0.5, 0.6) is 0 Å². The molecule has 2 aromatic rings. The molecule has 1 unspecified atom stereocenters. The second-order valence-corrected chi connectivity index (χ2v) is 8.79. The highest BCUT2D eigenvalue weighted by Gasteiger charge is 2.33. The third kappa shape index (κ3) is 2.90. The molecule has 0 amide bonds. The van der Waals surface area contributed by atoms with E-state index in [0.29, 0.717) is 13.0 Å². The Bertz CT molecular complexity index is 837. The average Bonchev–Trinajstić information content (AvgIpc) is 3.00. The third-order valence-electron chi connectivity index (χ3n) is 4.95. The van der Waals surface area contributed by atoms with Crippen LogP contribution in [0.3, 0.4) is 0 Å². The molecule has 5 nitrogen and oxygen atoms in total. The van der Waals surface area contributed by atoms with Gasteiger partial charge >= 0.3 is 0 Å². The molecule has 1 aliphatic carbocycles. The Balaban J connectivity index is 1.81. The van der Waals surface area contributed by atoms with E-state index in [9.17, 15) is 8.42 Å². The first-order valence-electron chi connectivity index (χ1n) is 8.49. The van der Waals surface area contributed by atoms with Crippen LogP contribution in [0, 0.1) is 0 Å². The van der Waals surface area contributed by atoms with E-state index in [1.54, 1.807) is 6.33 Å². The molecule has 0 spiro atoms. The van der Waals surface area contributed by atoms with Crippen molar-refractivity contribution in [2.24, 2.45) is 0 Å². The molecule has 4 rings (SSSR count). The van der Waals surface area contributed by atoms with Crippen LogP contribution in [-0.4, -0.2) is 36.4 Å². The first-order valence-corrected chi connectivity index (χ1v) is 10.3. The van der Waals surface area contributed by atoms with Crippen molar-refractivity contribution < 1.29 is 8.42 Å². The van der Waals surface area contributed by atoms with Crippen molar-refractivity contribution in [2.75, 3.05) is 23.0 Å². The Morgan fingerprint density at radius 3 is 2.71 bits per heavy atom. The number of aryl methyl sites for hydroxylation is 1. The average molecular weight is 343 g/mol. The maximum Gasteiger partial charge on any atom is 0.152 e. The van der Waals surface area contributed by atoms with Crippen LogP contribution in [-0.2, 0) is 22.7 Å². The maximum absolute atomic E-state index is 12.4. The summed E-state index contributed by atoms with van der Waals surface area (Å²) in [4.78, 5) is 11.2. The number of aromatic nitrogens is 2. The molecular formula is C18H21N3O2S. The zero-order valence-electron chi connectivity index (χ0n) is 13.6. The van der Waals surface area contributed by atoms with Crippen molar-refractivity contribution in [1.82, 2.24) is 9.97 Å². The summed E-state index contributed by atoms with van der Waals surface area (Å²) in [5, 5.41) is 0. The molecule has 0 bridgehead atoms. The van der Waals surface area contributed by atoms with Crippen LogP contribution in [0.2, 0.25) is 0 Å². The summed E-state index contributed by atoms with van der Waals surface area (Å²) in [7, 11) is -3.06. The van der Waals surface area contributed by atoms with Gasteiger partial charge in [-0.05, 0) is 31.2 Å². The molecule has 126 valence electrons. The van der Waals surface area contributed by atoms with Crippen LogP contribution < -0.4 is 4.90 Å². The molecule has 1 atom stereocenters. The lowest BCUT2D eigenvalue weighted by molar-refractivity contribution is 0.590. The van der Waals surface area contributed by atoms with Gasteiger partial charge in [0.25, 0.3) is 0 Å².